The van der Waals surface area contributed by atoms with Crippen molar-refractivity contribution in [3.05, 3.63) is 27.8 Å². The van der Waals surface area contributed by atoms with E-state index in [1.807, 2.05) is 27.7 Å². The summed E-state index contributed by atoms with van der Waals surface area (Å²) in [5.41, 5.74) is 7.04. The Kier molecular flexibility index (Phi) is 20.6. The Hall–Kier alpha value is -1.02. The first kappa shape index (κ1) is 37.1. The summed E-state index contributed by atoms with van der Waals surface area (Å²) in [5, 5.41) is 0. The first-order valence-corrected chi connectivity index (χ1v) is 15.6. The lowest BCUT2D eigenvalue weighted by atomic mass is 9.91. The summed E-state index contributed by atoms with van der Waals surface area (Å²) in [6.07, 6.45) is 10.6. The summed E-state index contributed by atoms with van der Waals surface area (Å²) in [4.78, 5) is 6.52. The van der Waals surface area contributed by atoms with Crippen LogP contribution in [0.5, 0.6) is 5.75 Å². The number of hydrogen-bond donors (Lipinski definition) is 0. The van der Waals surface area contributed by atoms with Gasteiger partial charge >= 0.3 is 0 Å². The van der Waals surface area contributed by atoms with Gasteiger partial charge in [-0.2, -0.15) is 0 Å². The fraction of sp³-hybridized carbons (Fsp3) is 0.824. The van der Waals surface area contributed by atoms with Gasteiger partial charge in [-0.25, -0.2) is 0 Å². The molecule has 214 valence electrons. The number of hydroxylamine groups is 3. The first-order chi connectivity index (χ1) is 17.0. The highest BCUT2D eigenvalue weighted by Gasteiger charge is 2.34. The lowest BCUT2D eigenvalue weighted by Gasteiger charge is -2.38. The summed E-state index contributed by atoms with van der Waals surface area (Å²) in [6, 6.07) is 0. The molecule has 1 aliphatic rings. The Bertz CT molecular complexity index is 693. The van der Waals surface area contributed by atoms with Crippen LogP contribution in [0.2, 0.25) is 0 Å². The average Bonchev–Trinajstić information content (AvgIpc) is 2.88. The van der Waals surface area contributed by atoms with E-state index in [4.69, 9.17) is 4.84 Å². The molecule has 0 aliphatic carbocycles. The summed E-state index contributed by atoms with van der Waals surface area (Å²) in [5.74, 6) is 3.83. The maximum atomic E-state index is 6.52. The fourth-order valence-electron chi connectivity index (χ4n) is 4.61. The molecule has 0 aromatic heterocycles. The molecular formula is C34H68NO+. The number of fused-ring (bicyclic) bond motifs is 1. The maximum Gasteiger partial charge on any atom is 0.197 e. The molecule has 0 N–H and O–H groups in total. The molecule has 36 heavy (non-hydrogen) atoms. The fourth-order valence-corrected chi connectivity index (χ4v) is 4.61. The molecule has 1 aromatic rings. The van der Waals surface area contributed by atoms with Crippen molar-refractivity contribution in [2.45, 2.75) is 148 Å². The SMILES string of the molecule is CC.CC.CCC(C)CCCC(C)C.CCC(C)CCC[N+]1(C)CCc2c(C)c(C)c(C)c(C)c2O1. The van der Waals surface area contributed by atoms with E-state index in [0.717, 1.165) is 47.7 Å². The smallest absolute Gasteiger partial charge is 0.197 e. The molecule has 0 spiro atoms. The van der Waals surface area contributed by atoms with Crippen molar-refractivity contribution in [1.29, 1.82) is 0 Å². The highest BCUT2D eigenvalue weighted by molar-refractivity contribution is 5.54. The number of nitrogens with zero attached hydrogens (tertiary/aromatic N) is 1. The molecule has 2 heteroatoms. The van der Waals surface area contributed by atoms with Gasteiger partial charge in [-0.15, -0.1) is 4.65 Å². The quantitative estimate of drug-likeness (QED) is 0.287. The predicted molar refractivity (Wildman–Crippen MR) is 165 cm³/mol. The minimum absolute atomic E-state index is 0.742. The van der Waals surface area contributed by atoms with Gasteiger partial charge in [0.15, 0.2) is 5.75 Å². The molecule has 0 bridgehead atoms. The monoisotopic (exact) mass is 507 g/mol. The number of likely N-dealkylation sites (N-methyl/N-ethyl adjacent to an activating group) is 1. The van der Waals surface area contributed by atoms with Crippen LogP contribution in [0, 0.1) is 45.4 Å². The van der Waals surface area contributed by atoms with Gasteiger partial charge in [-0.05, 0) is 68.6 Å². The molecule has 1 heterocycles. The molecule has 2 nitrogen and oxygen atoms in total. The van der Waals surface area contributed by atoms with Crippen molar-refractivity contribution in [3.8, 4) is 5.75 Å². The molecule has 0 fully saturated rings. The van der Waals surface area contributed by atoms with E-state index < -0.39 is 0 Å². The summed E-state index contributed by atoms with van der Waals surface area (Å²) in [7, 11) is 2.25. The van der Waals surface area contributed by atoms with E-state index in [-0.39, 0.29) is 0 Å². The third kappa shape index (κ3) is 13.0. The van der Waals surface area contributed by atoms with Crippen LogP contribution in [-0.4, -0.2) is 24.8 Å². The van der Waals surface area contributed by atoms with Gasteiger partial charge in [-0.1, -0.05) is 101 Å². The van der Waals surface area contributed by atoms with Gasteiger partial charge in [-0.3, -0.25) is 0 Å². The molecule has 0 radical (unpaired) electrons. The zero-order chi connectivity index (χ0) is 28.5. The van der Waals surface area contributed by atoms with Crippen molar-refractivity contribution in [2.75, 3.05) is 20.1 Å². The first-order valence-electron chi connectivity index (χ1n) is 15.6. The molecule has 1 aliphatic heterocycles. The van der Waals surface area contributed by atoms with Crippen LogP contribution in [0.4, 0.5) is 0 Å². The highest BCUT2D eigenvalue weighted by Crippen LogP contribution is 2.38. The number of benzene rings is 1. The normalized spacial score (nSPS) is 17.8. The average molecular weight is 507 g/mol. The van der Waals surface area contributed by atoms with E-state index in [9.17, 15) is 0 Å². The molecule has 0 saturated carbocycles. The standard InChI is InChI=1S/C20H34NO.C10H22.2C2H6/c1-8-14(2)10-9-12-21(7)13-11-19-17(5)15(3)16(4)18(6)20(19)22-21;1-5-10(4)8-6-7-9(2)3;2*1-2/h14H,8-13H2,1-7H3;9-10H,5-8H2,1-4H3;2*1-2H3/q+1;;;. The lowest BCUT2D eigenvalue weighted by molar-refractivity contribution is -1.07. The van der Waals surface area contributed by atoms with Gasteiger partial charge in [0, 0.05) is 24.0 Å². The maximum absolute atomic E-state index is 6.52. The van der Waals surface area contributed by atoms with Crippen LogP contribution < -0.4 is 4.84 Å². The van der Waals surface area contributed by atoms with Crippen molar-refractivity contribution in [2.24, 2.45) is 17.8 Å². The van der Waals surface area contributed by atoms with Crippen LogP contribution in [0.15, 0.2) is 0 Å². The van der Waals surface area contributed by atoms with Gasteiger partial charge < -0.3 is 4.84 Å². The third-order valence-corrected chi connectivity index (χ3v) is 8.10. The Labute approximate surface area is 229 Å². The Balaban J connectivity index is 0. The van der Waals surface area contributed by atoms with Crippen LogP contribution in [0.25, 0.3) is 0 Å². The van der Waals surface area contributed by atoms with Crippen LogP contribution >= 0.6 is 0 Å². The minimum Gasteiger partial charge on any atom is -0.315 e. The third-order valence-electron chi connectivity index (χ3n) is 8.10. The van der Waals surface area contributed by atoms with Crippen molar-refractivity contribution >= 4 is 0 Å². The van der Waals surface area contributed by atoms with E-state index in [1.54, 1.807) is 0 Å². The number of rotatable bonds is 10. The summed E-state index contributed by atoms with van der Waals surface area (Å²) >= 11 is 0. The van der Waals surface area contributed by atoms with Gasteiger partial charge in [0.2, 0.25) is 0 Å². The zero-order valence-corrected chi connectivity index (χ0v) is 27.7. The molecule has 3 unspecified atom stereocenters. The second-order valence-electron chi connectivity index (χ2n) is 11.4. The van der Waals surface area contributed by atoms with Gasteiger partial charge in [0.1, 0.15) is 20.1 Å². The second kappa shape index (κ2) is 20.0. The van der Waals surface area contributed by atoms with Crippen molar-refractivity contribution in [1.82, 2.24) is 0 Å². The Morgan fingerprint density at radius 3 is 1.64 bits per heavy atom. The Morgan fingerprint density at radius 2 is 1.17 bits per heavy atom. The van der Waals surface area contributed by atoms with Crippen molar-refractivity contribution in [3.63, 3.8) is 0 Å². The summed E-state index contributed by atoms with van der Waals surface area (Å²) in [6.45, 7) is 33.0. The van der Waals surface area contributed by atoms with Crippen molar-refractivity contribution < 1.29 is 9.48 Å². The van der Waals surface area contributed by atoms with E-state index in [0.29, 0.717) is 0 Å². The topological polar surface area (TPSA) is 9.23 Å². The molecular weight excluding hydrogens is 438 g/mol. The highest BCUT2D eigenvalue weighted by atomic mass is 16.7. The zero-order valence-electron chi connectivity index (χ0n) is 27.7. The van der Waals surface area contributed by atoms with Crippen LogP contribution in [-0.2, 0) is 6.42 Å². The largest absolute Gasteiger partial charge is 0.315 e. The molecule has 0 amide bonds. The predicted octanol–water partition coefficient (Wildman–Crippen LogP) is 11.0. The van der Waals surface area contributed by atoms with Crippen LogP contribution in [0.3, 0.4) is 0 Å². The van der Waals surface area contributed by atoms with E-state index in [2.05, 4.69) is 76.3 Å². The molecule has 3 atom stereocenters. The lowest BCUT2D eigenvalue weighted by Crippen LogP contribution is -2.51. The number of hydrogen-bond acceptors (Lipinski definition) is 1. The molecule has 2 rings (SSSR count). The van der Waals surface area contributed by atoms with E-state index >= 15 is 0 Å². The molecule has 0 saturated heterocycles. The molecule has 1 aromatic carbocycles. The number of quaternary nitrogens is 1. The van der Waals surface area contributed by atoms with E-state index in [1.165, 1.54) is 72.8 Å². The van der Waals surface area contributed by atoms with Crippen LogP contribution in [0.1, 0.15) is 142 Å². The van der Waals surface area contributed by atoms with Gasteiger partial charge in [0.25, 0.3) is 0 Å². The minimum atomic E-state index is 0.742. The van der Waals surface area contributed by atoms with Gasteiger partial charge in [0.05, 0.1) is 0 Å². The summed E-state index contributed by atoms with van der Waals surface area (Å²) < 4.78 is 0.742. The second-order valence-corrected chi connectivity index (χ2v) is 11.4. The Morgan fingerprint density at radius 1 is 0.694 bits per heavy atom.